The van der Waals surface area contributed by atoms with Crippen molar-refractivity contribution in [3.63, 3.8) is 0 Å². The van der Waals surface area contributed by atoms with Gasteiger partial charge in [-0.3, -0.25) is 4.79 Å². The summed E-state index contributed by atoms with van der Waals surface area (Å²) in [5, 5.41) is 14.8. The molecular weight excluding hydrogens is 364 g/mol. The summed E-state index contributed by atoms with van der Waals surface area (Å²) in [5.74, 6) is -7.63. The SMILES string of the molecule is CCc1c(F)c(F)c(-n2ncc(C#N)c2NC(=O)CCCl)c(F)c1F. The van der Waals surface area contributed by atoms with Crippen LogP contribution in [0.5, 0.6) is 0 Å². The molecule has 0 bridgehead atoms. The summed E-state index contributed by atoms with van der Waals surface area (Å²) in [7, 11) is 0. The summed E-state index contributed by atoms with van der Waals surface area (Å²) < 4.78 is 57.0. The lowest BCUT2D eigenvalue weighted by Gasteiger charge is -2.14. The number of aromatic nitrogens is 2. The molecule has 1 amide bonds. The fourth-order valence-electron chi connectivity index (χ4n) is 2.16. The molecule has 2 rings (SSSR count). The van der Waals surface area contributed by atoms with E-state index in [1.807, 2.05) is 0 Å². The normalized spacial score (nSPS) is 10.6. The quantitative estimate of drug-likeness (QED) is 0.495. The Morgan fingerprint density at radius 2 is 1.88 bits per heavy atom. The van der Waals surface area contributed by atoms with Gasteiger partial charge in [-0.2, -0.15) is 10.4 Å². The summed E-state index contributed by atoms with van der Waals surface area (Å²) >= 11 is 5.42. The molecule has 0 atom stereocenters. The van der Waals surface area contributed by atoms with E-state index < -0.39 is 46.2 Å². The van der Waals surface area contributed by atoms with Gasteiger partial charge in [0.2, 0.25) is 5.91 Å². The number of carbonyl (C=O) groups excluding carboxylic acids is 1. The van der Waals surface area contributed by atoms with Crippen molar-refractivity contribution in [1.29, 1.82) is 5.26 Å². The van der Waals surface area contributed by atoms with Crippen LogP contribution in [0.4, 0.5) is 23.4 Å². The molecule has 0 radical (unpaired) electrons. The third-order valence-corrected chi connectivity index (χ3v) is 3.55. The summed E-state index contributed by atoms with van der Waals surface area (Å²) in [5.41, 5.74) is -2.17. The number of rotatable bonds is 5. The van der Waals surface area contributed by atoms with Crippen molar-refractivity contribution in [3.8, 4) is 11.8 Å². The maximum Gasteiger partial charge on any atom is 0.226 e. The van der Waals surface area contributed by atoms with Crippen LogP contribution in [-0.2, 0) is 11.2 Å². The molecular formula is C15H11ClF4N4O. The van der Waals surface area contributed by atoms with Crippen molar-refractivity contribution in [2.75, 3.05) is 11.2 Å². The number of amides is 1. The Kier molecular flexibility index (Phi) is 5.64. The number of carbonyl (C=O) groups is 1. The fourth-order valence-corrected chi connectivity index (χ4v) is 2.33. The molecule has 1 heterocycles. The van der Waals surface area contributed by atoms with E-state index in [2.05, 4.69) is 10.4 Å². The molecule has 2 aromatic rings. The van der Waals surface area contributed by atoms with Crippen LogP contribution >= 0.6 is 11.6 Å². The number of nitrogens with one attached hydrogen (secondary N) is 1. The minimum atomic E-state index is -1.68. The first kappa shape index (κ1) is 18.7. The molecule has 0 aliphatic carbocycles. The number of anilines is 1. The lowest BCUT2D eigenvalue weighted by atomic mass is 10.1. The van der Waals surface area contributed by atoms with Crippen molar-refractivity contribution in [1.82, 2.24) is 9.78 Å². The number of nitriles is 1. The van der Waals surface area contributed by atoms with Crippen molar-refractivity contribution < 1.29 is 22.4 Å². The Morgan fingerprint density at radius 3 is 2.36 bits per heavy atom. The third kappa shape index (κ3) is 3.30. The molecule has 5 nitrogen and oxygen atoms in total. The van der Waals surface area contributed by atoms with Crippen LogP contribution in [0.25, 0.3) is 5.69 Å². The van der Waals surface area contributed by atoms with Gasteiger partial charge in [-0.15, -0.1) is 11.6 Å². The number of halogens is 5. The fraction of sp³-hybridized carbons (Fsp3) is 0.267. The van der Waals surface area contributed by atoms with Crippen LogP contribution in [0.15, 0.2) is 6.20 Å². The number of nitrogens with zero attached hydrogens (tertiary/aromatic N) is 3. The van der Waals surface area contributed by atoms with Crippen LogP contribution in [0.3, 0.4) is 0 Å². The van der Waals surface area contributed by atoms with Gasteiger partial charge in [0.15, 0.2) is 29.1 Å². The Hall–Kier alpha value is -2.60. The first-order chi connectivity index (χ1) is 11.9. The van der Waals surface area contributed by atoms with Gasteiger partial charge in [0.05, 0.1) is 6.20 Å². The third-order valence-electron chi connectivity index (χ3n) is 3.37. The molecule has 132 valence electrons. The maximum absolute atomic E-state index is 14.3. The topological polar surface area (TPSA) is 70.7 Å². The lowest BCUT2D eigenvalue weighted by molar-refractivity contribution is -0.115. The van der Waals surface area contributed by atoms with Crippen LogP contribution in [0.1, 0.15) is 24.5 Å². The largest absolute Gasteiger partial charge is 0.309 e. The van der Waals surface area contributed by atoms with Gasteiger partial charge in [0, 0.05) is 17.9 Å². The van der Waals surface area contributed by atoms with Crippen molar-refractivity contribution in [3.05, 3.63) is 40.6 Å². The lowest BCUT2D eigenvalue weighted by Crippen LogP contribution is -2.18. The summed E-state index contributed by atoms with van der Waals surface area (Å²) in [4.78, 5) is 11.7. The van der Waals surface area contributed by atoms with E-state index in [0.29, 0.717) is 4.68 Å². The predicted octanol–water partition coefficient (Wildman–Crippen LogP) is 3.43. The van der Waals surface area contributed by atoms with Gasteiger partial charge < -0.3 is 5.32 Å². The zero-order chi connectivity index (χ0) is 18.7. The van der Waals surface area contributed by atoms with Gasteiger partial charge in [0.1, 0.15) is 17.3 Å². The first-order valence-corrected chi connectivity index (χ1v) is 7.59. The first-order valence-electron chi connectivity index (χ1n) is 7.06. The number of hydrogen-bond donors (Lipinski definition) is 1. The molecule has 0 unspecified atom stereocenters. The Labute approximate surface area is 144 Å². The summed E-state index contributed by atoms with van der Waals surface area (Å²) in [6, 6.07) is 1.66. The molecule has 0 aliphatic rings. The van der Waals surface area contributed by atoms with Crippen LogP contribution < -0.4 is 5.32 Å². The Balaban J connectivity index is 2.70. The van der Waals surface area contributed by atoms with E-state index in [1.165, 1.54) is 6.92 Å². The molecule has 0 spiro atoms. The molecule has 0 saturated carbocycles. The van der Waals surface area contributed by atoms with E-state index in [1.54, 1.807) is 6.07 Å². The second-order valence-electron chi connectivity index (χ2n) is 4.85. The van der Waals surface area contributed by atoms with E-state index in [9.17, 15) is 22.4 Å². The average molecular weight is 375 g/mol. The Morgan fingerprint density at radius 1 is 1.28 bits per heavy atom. The summed E-state index contributed by atoms with van der Waals surface area (Å²) in [6.45, 7) is 1.33. The standard InChI is InChI=1S/C15H11ClF4N4O/c1-2-8-10(17)12(19)14(13(20)11(8)18)24-15(7(5-21)6-22-24)23-9(25)3-4-16/h6H,2-4H2,1H3,(H,23,25). The van der Waals surface area contributed by atoms with Crippen molar-refractivity contribution in [2.45, 2.75) is 19.8 Å². The zero-order valence-corrected chi connectivity index (χ0v) is 13.6. The molecule has 0 saturated heterocycles. The van der Waals surface area contributed by atoms with E-state index in [0.717, 1.165) is 6.20 Å². The van der Waals surface area contributed by atoms with E-state index in [4.69, 9.17) is 16.9 Å². The molecule has 1 N–H and O–H groups in total. The second-order valence-corrected chi connectivity index (χ2v) is 5.23. The zero-order valence-electron chi connectivity index (χ0n) is 12.8. The van der Waals surface area contributed by atoms with Crippen molar-refractivity contribution in [2.24, 2.45) is 0 Å². The molecule has 10 heteroatoms. The molecule has 25 heavy (non-hydrogen) atoms. The highest BCUT2D eigenvalue weighted by Crippen LogP contribution is 2.30. The van der Waals surface area contributed by atoms with Crippen molar-refractivity contribution >= 4 is 23.3 Å². The monoisotopic (exact) mass is 374 g/mol. The van der Waals surface area contributed by atoms with E-state index in [-0.39, 0.29) is 24.3 Å². The number of benzene rings is 1. The van der Waals surface area contributed by atoms with Gasteiger partial charge in [-0.25, -0.2) is 22.2 Å². The maximum atomic E-state index is 14.3. The average Bonchev–Trinajstić information content (AvgIpc) is 2.96. The molecule has 1 aromatic carbocycles. The molecule has 1 aromatic heterocycles. The summed E-state index contributed by atoms with van der Waals surface area (Å²) in [6.07, 6.45) is 0.479. The van der Waals surface area contributed by atoms with Gasteiger partial charge >= 0.3 is 0 Å². The van der Waals surface area contributed by atoms with Gasteiger partial charge in [-0.1, -0.05) is 6.92 Å². The van der Waals surface area contributed by atoms with Gasteiger partial charge in [0.25, 0.3) is 0 Å². The van der Waals surface area contributed by atoms with Gasteiger partial charge in [-0.05, 0) is 6.42 Å². The predicted molar refractivity (Wildman–Crippen MR) is 81.5 cm³/mol. The second kappa shape index (κ2) is 7.53. The minimum absolute atomic E-state index is 0.0426. The van der Waals surface area contributed by atoms with Crippen LogP contribution in [0, 0.1) is 34.6 Å². The van der Waals surface area contributed by atoms with E-state index >= 15 is 0 Å². The highest BCUT2D eigenvalue weighted by atomic mass is 35.5. The Bertz CT molecular complexity index is 846. The molecule has 0 fully saturated rings. The number of alkyl halides is 1. The van der Waals surface area contributed by atoms with Crippen LogP contribution in [0.2, 0.25) is 0 Å². The highest BCUT2D eigenvalue weighted by Gasteiger charge is 2.28. The highest BCUT2D eigenvalue weighted by molar-refractivity contribution is 6.19. The smallest absolute Gasteiger partial charge is 0.226 e. The van der Waals surface area contributed by atoms with Crippen LogP contribution in [-0.4, -0.2) is 21.6 Å². The molecule has 0 aliphatic heterocycles. The number of hydrogen-bond acceptors (Lipinski definition) is 3. The minimum Gasteiger partial charge on any atom is -0.309 e.